The van der Waals surface area contributed by atoms with Crippen LogP contribution in [0.15, 0.2) is 53.6 Å². The molecule has 3 nitrogen and oxygen atoms in total. The minimum Gasteiger partial charge on any atom is -0.372 e. The minimum atomic E-state index is 0.192. The van der Waals surface area contributed by atoms with Crippen molar-refractivity contribution >= 4 is 22.5 Å². The molecule has 3 rings (SSSR count). The van der Waals surface area contributed by atoms with E-state index in [-0.39, 0.29) is 5.37 Å². The number of hydrogen-bond acceptors (Lipinski definition) is 4. The highest BCUT2D eigenvalue weighted by molar-refractivity contribution is 8.14. The van der Waals surface area contributed by atoms with Crippen molar-refractivity contribution in [2.45, 2.75) is 26.1 Å². The number of hydrazone groups is 1. The molecular weight excluding hydrogens is 302 g/mol. The zero-order valence-electron chi connectivity index (χ0n) is 13.9. The molecule has 1 aliphatic heterocycles. The Labute approximate surface area is 142 Å². The van der Waals surface area contributed by atoms with Gasteiger partial charge in [-0.2, -0.15) is 5.10 Å². The van der Waals surface area contributed by atoms with Crippen molar-refractivity contribution in [2.24, 2.45) is 5.10 Å². The fraction of sp³-hybridized carbons (Fsp3) is 0.316. The average Bonchev–Trinajstić information content (AvgIpc) is 3.07. The lowest BCUT2D eigenvalue weighted by Gasteiger charge is -2.21. The second kappa shape index (κ2) is 7.09. The molecular formula is C19H23N3S. The van der Waals surface area contributed by atoms with E-state index in [4.69, 9.17) is 0 Å². The predicted octanol–water partition coefficient (Wildman–Crippen LogP) is 4.54. The largest absolute Gasteiger partial charge is 0.372 e. The van der Waals surface area contributed by atoms with Crippen molar-refractivity contribution in [1.29, 1.82) is 0 Å². The maximum Gasteiger partial charge on any atom is 0.126 e. The quantitative estimate of drug-likeness (QED) is 0.874. The maximum absolute atomic E-state index is 4.50. The molecule has 1 aliphatic rings. The van der Waals surface area contributed by atoms with Crippen molar-refractivity contribution in [1.82, 2.24) is 5.43 Å². The first-order chi connectivity index (χ1) is 11.2. The van der Waals surface area contributed by atoms with E-state index in [2.05, 4.69) is 84.7 Å². The van der Waals surface area contributed by atoms with E-state index in [0.717, 1.165) is 18.1 Å². The third kappa shape index (κ3) is 3.53. The highest BCUT2D eigenvalue weighted by Crippen LogP contribution is 2.34. The van der Waals surface area contributed by atoms with Gasteiger partial charge in [0.15, 0.2) is 0 Å². The number of benzene rings is 2. The lowest BCUT2D eigenvalue weighted by molar-refractivity contribution is 0.743. The van der Waals surface area contributed by atoms with E-state index in [1.165, 1.54) is 22.4 Å². The van der Waals surface area contributed by atoms with Crippen LogP contribution in [0.4, 0.5) is 5.69 Å². The molecule has 0 bridgehead atoms. The van der Waals surface area contributed by atoms with Crippen LogP contribution in [0.1, 0.15) is 35.9 Å². The van der Waals surface area contributed by atoms with Gasteiger partial charge in [-0.1, -0.05) is 53.7 Å². The van der Waals surface area contributed by atoms with Gasteiger partial charge in [0.1, 0.15) is 10.4 Å². The third-order valence-corrected chi connectivity index (χ3v) is 5.30. The number of thioether (sulfide) groups is 1. The van der Waals surface area contributed by atoms with E-state index >= 15 is 0 Å². The summed E-state index contributed by atoms with van der Waals surface area (Å²) in [5, 5.41) is 5.75. The zero-order valence-corrected chi connectivity index (χ0v) is 14.7. The van der Waals surface area contributed by atoms with Crippen molar-refractivity contribution < 1.29 is 0 Å². The first kappa shape index (κ1) is 15.9. The van der Waals surface area contributed by atoms with Crippen LogP contribution in [-0.2, 0) is 0 Å². The molecule has 120 valence electrons. The molecule has 23 heavy (non-hydrogen) atoms. The lowest BCUT2D eigenvalue weighted by Crippen LogP contribution is -2.21. The molecule has 0 amide bonds. The number of rotatable bonds is 5. The number of anilines is 1. The van der Waals surface area contributed by atoms with Crippen LogP contribution < -0.4 is 10.3 Å². The van der Waals surface area contributed by atoms with Crippen LogP contribution in [0.5, 0.6) is 0 Å². The second-order valence-electron chi connectivity index (χ2n) is 5.67. The van der Waals surface area contributed by atoms with Gasteiger partial charge in [0, 0.05) is 24.3 Å². The lowest BCUT2D eigenvalue weighted by atomic mass is 10.2. The first-order valence-electron chi connectivity index (χ1n) is 8.13. The predicted molar refractivity (Wildman–Crippen MR) is 101 cm³/mol. The molecule has 0 spiro atoms. The van der Waals surface area contributed by atoms with Crippen molar-refractivity contribution in [2.75, 3.05) is 18.0 Å². The fourth-order valence-electron chi connectivity index (χ4n) is 2.70. The molecule has 0 saturated carbocycles. The normalized spacial score (nSPS) is 16.8. The third-order valence-electron chi connectivity index (χ3n) is 4.14. The summed E-state index contributed by atoms with van der Waals surface area (Å²) < 4.78 is 0. The van der Waals surface area contributed by atoms with Crippen molar-refractivity contribution in [3.05, 3.63) is 65.2 Å². The van der Waals surface area contributed by atoms with Crippen molar-refractivity contribution in [3.63, 3.8) is 0 Å². The molecule has 0 aromatic heterocycles. The van der Waals surface area contributed by atoms with E-state index in [9.17, 15) is 0 Å². The highest BCUT2D eigenvalue weighted by atomic mass is 32.2. The highest BCUT2D eigenvalue weighted by Gasteiger charge is 2.22. The van der Waals surface area contributed by atoms with Gasteiger partial charge in [-0.15, -0.1) is 0 Å². The van der Waals surface area contributed by atoms with Crippen LogP contribution in [0.3, 0.4) is 0 Å². The molecule has 0 saturated heterocycles. The summed E-state index contributed by atoms with van der Waals surface area (Å²) in [6, 6.07) is 17.3. The van der Waals surface area contributed by atoms with Crippen molar-refractivity contribution in [3.8, 4) is 0 Å². The van der Waals surface area contributed by atoms with Gasteiger partial charge in [-0.25, -0.2) is 0 Å². The molecule has 1 atom stereocenters. The number of aryl methyl sites for hydroxylation is 1. The summed E-state index contributed by atoms with van der Waals surface area (Å²) >= 11 is 1.77. The van der Waals surface area contributed by atoms with Gasteiger partial charge >= 0.3 is 0 Å². The molecule has 0 radical (unpaired) electrons. The molecule has 0 fully saturated rings. The Morgan fingerprint density at radius 1 is 1.00 bits per heavy atom. The van der Waals surface area contributed by atoms with Gasteiger partial charge in [0.2, 0.25) is 0 Å². The Bertz CT molecular complexity index is 673. The Kier molecular flexibility index (Phi) is 4.91. The van der Waals surface area contributed by atoms with E-state index in [1.54, 1.807) is 11.8 Å². The Balaban J connectivity index is 1.69. The molecule has 1 heterocycles. The first-order valence-corrected chi connectivity index (χ1v) is 9.01. The van der Waals surface area contributed by atoms with Crippen LogP contribution in [0.2, 0.25) is 0 Å². The average molecular weight is 325 g/mol. The van der Waals surface area contributed by atoms with Gasteiger partial charge in [0.05, 0.1) is 0 Å². The smallest absolute Gasteiger partial charge is 0.126 e. The second-order valence-corrected chi connectivity index (χ2v) is 6.77. The SMILES string of the molecule is CCN(CC)c1ccc([C@H]2NN=C(c3ccc(C)cc3)S2)cc1. The van der Waals surface area contributed by atoms with Gasteiger partial charge in [-0.3, -0.25) is 5.43 Å². The summed E-state index contributed by atoms with van der Waals surface area (Å²) in [6.45, 7) is 8.55. The molecule has 0 unspecified atom stereocenters. The zero-order chi connectivity index (χ0) is 16.2. The van der Waals surface area contributed by atoms with E-state index in [0.29, 0.717) is 0 Å². The minimum absolute atomic E-state index is 0.192. The number of nitrogens with zero attached hydrogens (tertiary/aromatic N) is 2. The number of nitrogens with one attached hydrogen (secondary N) is 1. The Morgan fingerprint density at radius 3 is 2.26 bits per heavy atom. The Hall–Kier alpha value is -1.94. The summed E-state index contributed by atoms with van der Waals surface area (Å²) in [5.41, 5.74) is 8.24. The Morgan fingerprint density at radius 2 is 1.65 bits per heavy atom. The van der Waals surface area contributed by atoms with E-state index < -0.39 is 0 Å². The molecule has 4 heteroatoms. The molecule has 2 aromatic carbocycles. The van der Waals surface area contributed by atoms with Crippen LogP contribution in [-0.4, -0.2) is 18.1 Å². The standard InChI is InChI=1S/C19H23N3S/c1-4-22(5-2)17-12-10-16(11-13-17)19-21-20-18(23-19)15-8-6-14(3)7-9-15/h6-13,19,21H,4-5H2,1-3H3/t19-/m0/s1. The summed E-state index contributed by atoms with van der Waals surface area (Å²) in [6.07, 6.45) is 0. The van der Waals surface area contributed by atoms with Crippen LogP contribution in [0.25, 0.3) is 0 Å². The molecule has 2 aromatic rings. The maximum atomic E-state index is 4.50. The van der Waals surface area contributed by atoms with Gasteiger partial charge in [-0.05, 0) is 38.5 Å². The fourth-order valence-corrected chi connectivity index (χ4v) is 3.70. The van der Waals surface area contributed by atoms with Crippen LogP contribution in [0, 0.1) is 6.92 Å². The summed E-state index contributed by atoms with van der Waals surface area (Å²) in [4.78, 5) is 2.35. The number of hydrogen-bond donors (Lipinski definition) is 1. The van der Waals surface area contributed by atoms with E-state index in [1.807, 2.05) is 0 Å². The molecule has 1 N–H and O–H groups in total. The molecule has 0 aliphatic carbocycles. The topological polar surface area (TPSA) is 27.6 Å². The monoisotopic (exact) mass is 325 g/mol. The van der Waals surface area contributed by atoms with Crippen LogP contribution >= 0.6 is 11.8 Å². The summed E-state index contributed by atoms with van der Waals surface area (Å²) in [5.74, 6) is 0. The van der Waals surface area contributed by atoms with Gasteiger partial charge in [0.25, 0.3) is 0 Å². The summed E-state index contributed by atoms with van der Waals surface area (Å²) in [7, 11) is 0. The van der Waals surface area contributed by atoms with Gasteiger partial charge < -0.3 is 4.90 Å².